The standard InChI is InChI=1S/C16H23Si.2ClH.Zr/c1-10-11(2)13(4)16(12(10)3)14-8-7-9-15(14)17(5)6;;;/h9,12,17H,7H2,1-6H3;2*1H;/q-1;;;+3/p-2. The molecule has 2 aliphatic carbocycles. The fourth-order valence-electron chi connectivity index (χ4n) is 3.01. The molecule has 1 unspecified atom stereocenters. The fraction of sp³-hybridized carbons (Fsp3) is 0.500. The van der Waals surface area contributed by atoms with Gasteiger partial charge in [-0.25, -0.2) is 0 Å². The second kappa shape index (κ2) is 8.93. The molecule has 0 bridgehead atoms. The molecule has 0 nitrogen and oxygen atoms in total. The van der Waals surface area contributed by atoms with Gasteiger partial charge in [0.05, 0.1) is 0 Å². The maximum absolute atomic E-state index is 3.61. The van der Waals surface area contributed by atoms with Gasteiger partial charge in [0.2, 0.25) is 0 Å². The molecular weight excluding hydrogens is 382 g/mol. The van der Waals surface area contributed by atoms with E-state index < -0.39 is 8.80 Å². The van der Waals surface area contributed by atoms with Gasteiger partial charge in [0.15, 0.2) is 0 Å². The molecule has 0 saturated carbocycles. The average molecular weight is 406 g/mol. The molecule has 0 aromatic rings. The van der Waals surface area contributed by atoms with Crippen LogP contribution in [0.2, 0.25) is 13.1 Å². The Bertz CT molecular complexity index is 485. The van der Waals surface area contributed by atoms with Crippen LogP contribution in [0.3, 0.4) is 0 Å². The van der Waals surface area contributed by atoms with E-state index in [1.54, 1.807) is 16.3 Å². The van der Waals surface area contributed by atoms with Crippen LogP contribution in [0.15, 0.2) is 39.1 Å². The predicted molar refractivity (Wildman–Crippen MR) is 78.6 cm³/mol. The van der Waals surface area contributed by atoms with Gasteiger partial charge in [0.25, 0.3) is 0 Å². The molecule has 0 aromatic heterocycles. The van der Waals surface area contributed by atoms with E-state index in [-0.39, 0.29) is 51.0 Å². The molecule has 20 heavy (non-hydrogen) atoms. The maximum atomic E-state index is 3.61. The van der Waals surface area contributed by atoms with Gasteiger partial charge in [0.1, 0.15) is 0 Å². The van der Waals surface area contributed by atoms with Crippen LogP contribution in [0, 0.1) is 12.0 Å². The molecule has 0 aromatic carbocycles. The molecule has 2 aliphatic rings. The third-order valence-electron chi connectivity index (χ3n) is 4.42. The largest absolute Gasteiger partial charge is 3.00 e. The second-order valence-corrected chi connectivity index (χ2v) is 8.57. The molecule has 109 valence electrons. The minimum atomic E-state index is -0.723. The average Bonchev–Trinajstić information content (AvgIpc) is 2.81. The van der Waals surface area contributed by atoms with E-state index in [1.807, 2.05) is 0 Å². The van der Waals surface area contributed by atoms with E-state index in [9.17, 15) is 0 Å². The van der Waals surface area contributed by atoms with Crippen LogP contribution in [0.4, 0.5) is 0 Å². The first-order valence-electron chi connectivity index (χ1n) is 6.65. The van der Waals surface area contributed by atoms with E-state index in [0.29, 0.717) is 5.92 Å². The minimum absolute atomic E-state index is 0. The van der Waals surface area contributed by atoms with Crippen LogP contribution in [0.5, 0.6) is 0 Å². The number of hydrogen-bond donors (Lipinski definition) is 0. The molecular formula is C16H23Cl2SiZr. The summed E-state index contributed by atoms with van der Waals surface area (Å²) in [5.41, 5.74) is 7.57. The summed E-state index contributed by atoms with van der Waals surface area (Å²) >= 11 is 0. The van der Waals surface area contributed by atoms with Crippen molar-refractivity contribution < 1.29 is 51.0 Å². The molecule has 0 amide bonds. The first-order valence-corrected chi connectivity index (χ1v) is 9.54. The molecule has 1 radical (unpaired) electrons. The molecule has 2 rings (SSSR count). The van der Waals surface area contributed by atoms with Crippen molar-refractivity contribution in [3.8, 4) is 0 Å². The Kier molecular flexibility index (Phi) is 10.2. The van der Waals surface area contributed by atoms with Gasteiger partial charge in [-0.05, 0) is 19.8 Å². The summed E-state index contributed by atoms with van der Waals surface area (Å²) in [5.74, 6) is 0.590. The van der Waals surface area contributed by atoms with Gasteiger partial charge in [0, 0.05) is 8.80 Å². The Morgan fingerprint density at radius 2 is 1.65 bits per heavy atom. The zero-order valence-corrected chi connectivity index (χ0v) is 18.3. The van der Waals surface area contributed by atoms with Crippen molar-refractivity contribution in [3.05, 3.63) is 45.2 Å². The molecule has 4 heteroatoms. The summed E-state index contributed by atoms with van der Waals surface area (Å²) in [7, 11) is -0.723. The molecule has 0 N–H and O–H groups in total. The Hall–Kier alpha value is 0.640. The van der Waals surface area contributed by atoms with Crippen LogP contribution in [0.25, 0.3) is 0 Å². The maximum Gasteiger partial charge on any atom is 3.00 e. The Morgan fingerprint density at radius 1 is 1.10 bits per heavy atom. The van der Waals surface area contributed by atoms with Crippen molar-refractivity contribution in [2.45, 2.75) is 47.2 Å². The predicted octanol–water partition coefficient (Wildman–Crippen LogP) is -1.62. The monoisotopic (exact) mass is 403 g/mol. The fourth-order valence-corrected chi connectivity index (χ4v) is 4.43. The quantitative estimate of drug-likeness (QED) is 0.383. The Morgan fingerprint density at radius 3 is 2.05 bits per heavy atom. The van der Waals surface area contributed by atoms with Gasteiger partial charge in [-0.2, -0.15) is 16.8 Å². The molecule has 0 spiro atoms. The number of rotatable bonds is 2. The van der Waals surface area contributed by atoms with E-state index in [0.717, 1.165) is 6.42 Å². The SMILES string of the molecule is CC1=C(C)C(C)C(C2=[C-]CC=C2[SiH](C)C)=C1C.[Cl-].[Cl-].[Zr+3]. The van der Waals surface area contributed by atoms with Crippen LogP contribution >= 0.6 is 0 Å². The van der Waals surface area contributed by atoms with Crippen molar-refractivity contribution in [1.29, 1.82) is 0 Å². The van der Waals surface area contributed by atoms with E-state index >= 15 is 0 Å². The summed E-state index contributed by atoms with van der Waals surface area (Å²) in [5, 5.41) is 1.63. The molecule has 0 fully saturated rings. The zero-order chi connectivity index (χ0) is 12.7. The third kappa shape index (κ3) is 3.88. The van der Waals surface area contributed by atoms with Crippen LogP contribution in [-0.2, 0) is 26.2 Å². The minimum Gasteiger partial charge on any atom is -1.00 e. The van der Waals surface area contributed by atoms with Crippen molar-refractivity contribution in [2.24, 2.45) is 5.92 Å². The molecule has 0 aliphatic heterocycles. The zero-order valence-electron chi connectivity index (χ0n) is 13.2. The van der Waals surface area contributed by atoms with Crippen molar-refractivity contribution in [2.75, 3.05) is 0 Å². The van der Waals surface area contributed by atoms with Crippen molar-refractivity contribution in [1.82, 2.24) is 0 Å². The van der Waals surface area contributed by atoms with E-state index in [4.69, 9.17) is 0 Å². The summed E-state index contributed by atoms with van der Waals surface area (Å²) in [6, 6.07) is 0. The third-order valence-corrected chi connectivity index (χ3v) is 6.19. The first-order chi connectivity index (χ1) is 7.95. The summed E-state index contributed by atoms with van der Waals surface area (Å²) in [6.07, 6.45) is 7.04. The van der Waals surface area contributed by atoms with Gasteiger partial charge in [-0.3, -0.25) is 0 Å². The van der Waals surface area contributed by atoms with Crippen LogP contribution in [0.1, 0.15) is 34.1 Å². The first kappa shape index (κ1) is 22.9. The van der Waals surface area contributed by atoms with Crippen LogP contribution < -0.4 is 24.8 Å². The number of allylic oxidation sites excluding steroid dienone is 8. The molecule has 0 heterocycles. The number of hydrogen-bond acceptors (Lipinski definition) is 0. The van der Waals surface area contributed by atoms with Gasteiger partial charge in [-0.15, -0.1) is 11.6 Å². The Balaban J connectivity index is 0. The molecule has 1 atom stereocenters. The topological polar surface area (TPSA) is 0 Å². The number of halogens is 2. The van der Waals surface area contributed by atoms with Crippen LogP contribution in [-0.4, -0.2) is 8.80 Å². The summed E-state index contributed by atoms with van der Waals surface area (Å²) in [6.45, 7) is 14.0. The van der Waals surface area contributed by atoms with Gasteiger partial charge >= 0.3 is 26.2 Å². The van der Waals surface area contributed by atoms with Crippen molar-refractivity contribution >= 4 is 8.80 Å². The van der Waals surface area contributed by atoms with Gasteiger partial charge < -0.3 is 24.8 Å². The summed E-state index contributed by atoms with van der Waals surface area (Å²) in [4.78, 5) is 0. The Labute approximate surface area is 157 Å². The van der Waals surface area contributed by atoms with E-state index in [1.165, 1.54) is 16.7 Å². The van der Waals surface area contributed by atoms with Gasteiger partial charge in [-0.1, -0.05) is 50.1 Å². The molecule has 0 saturated heterocycles. The normalized spacial score (nSPS) is 21.2. The summed E-state index contributed by atoms with van der Waals surface area (Å²) < 4.78 is 0. The second-order valence-electron chi connectivity index (χ2n) is 5.64. The van der Waals surface area contributed by atoms with E-state index in [2.05, 4.69) is 52.9 Å². The van der Waals surface area contributed by atoms with Crippen molar-refractivity contribution in [3.63, 3.8) is 0 Å². The smallest absolute Gasteiger partial charge is 1.00 e.